The van der Waals surface area contributed by atoms with Crippen LogP contribution >= 0.6 is 0 Å². The number of rotatable bonds is 8. The van der Waals surface area contributed by atoms with Crippen molar-refractivity contribution in [3.05, 3.63) is 84.9 Å². The third-order valence-corrected chi connectivity index (χ3v) is 8.15. The van der Waals surface area contributed by atoms with E-state index in [2.05, 4.69) is 20.1 Å². The molecule has 2 amide bonds. The van der Waals surface area contributed by atoms with E-state index < -0.39 is 20.0 Å². The number of fused-ring (bicyclic) bond motifs is 1. The number of nitrogens with one attached hydrogen (secondary N) is 4. The zero-order valence-electron chi connectivity index (χ0n) is 20.3. The predicted octanol–water partition coefficient (Wildman–Crippen LogP) is 4.36. The van der Waals surface area contributed by atoms with E-state index in [0.717, 1.165) is 0 Å². The number of benzene rings is 4. The van der Waals surface area contributed by atoms with E-state index in [1.165, 1.54) is 74.5 Å². The highest BCUT2D eigenvalue weighted by Crippen LogP contribution is 2.33. The van der Waals surface area contributed by atoms with Crippen LogP contribution < -0.4 is 20.1 Å². The molecule has 0 spiro atoms. The molecule has 38 heavy (non-hydrogen) atoms. The molecule has 10 nitrogen and oxygen atoms in total. The molecule has 0 unspecified atom stereocenters. The SMILES string of the molecule is CC(=O)Nc1ccc(S(=O)(=O)Nc2ccc(NS(=O)(=O)c3ccc(NC(C)=O)cc3)c3ccccc23)cc1. The van der Waals surface area contributed by atoms with E-state index in [-0.39, 0.29) is 33.0 Å². The third kappa shape index (κ3) is 6.10. The lowest BCUT2D eigenvalue weighted by molar-refractivity contribution is -0.115. The van der Waals surface area contributed by atoms with Gasteiger partial charge in [0, 0.05) is 36.0 Å². The lowest BCUT2D eigenvalue weighted by Gasteiger charge is -2.15. The molecule has 0 aliphatic heterocycles. The van der Waals surface area contributed by atoms with Crippen molar-refractivity contribution in [1.82, 2.24) is 0 Å². The molecule has 0 aliphatic carbocycles. The molecule has 4 N–H and O–H groups in total. The number of carbonyl (C=O) groups is 2. The number of carbonyl (C=O) groups excluding carboxylic acids is 2. The van der Waals surface area contributed by atoms with Crippen molar-refractivity contribution in [2.45, 2.75) is 23.6 Å². The Kier molecular flexibility index (Phi) is 7.37. The smallest absolute Gasteiger partial charge is 0.261 e. The molecule has 0 saturated heterocycles. The van der Waals surface area contributed by atoms with E-state index in [9.17, 15) is 26.4 Å². The minimum Gasteiger partial charge on any atom is -0.326 e. The van der Waals surface area contributed by atoms with E-state index in [4.69, 9.17) is 0 Å². The Bertz CT molecular complexity index is 1610. The lowest BCUT2D eigenvalue weighted by Crippen LogP contribution is -2.15. The highest BCUT2D eigenvalue weighted by Gasteiger charge is 2.19. The largest absolute Gasteiger partial charge is 0.326 e. The minimum absolute atomic E-state index is 0.0110. The van der Waals surface area contributed by atoms with Crippen LogP contribution in [0.25, 0.3) is 10.8 Å². The highest BCUT2D eigenvalue weighted by molar-refractivity contribution is 7.93. The Labute approximate surface area is 220 Å². The summed E-state index contributed by atoms with van der Waals surface area (Å²) >= 11 is 0. The molecule has 0 aromatic heterocycles. The second-order valence-corrected chi connectivity index (χ2v) is 11.7. The molecule has 0 bridgehead atoms. The van der Waals surface area contributed by atoms with Gasteiger partial charge in [-0.15, -0.1) is 0 Å². The maximum Gasteiger partial charge on any atom is 0.261 e. The van der Waals surface area contributed by atoms with Gasteiger partial charge in [0.2, 0.25) is 11.8 Å². The summed E-state index contributed by atoms with van der Waals surface area (Å²) in [6.07, 6.45) is 0. The van der Waals surface area contributed by atoms with Gasteiger partial charge in [0.05, 0.1) is 21.2 Å². The quantitative estimate of drug-likeness (QED) is 0.255. The van der Waals surface area contributed by atoms with Crippen LogP contribution in [0.4, 0.5) is 22.7 Å². The molecule has 12 heteroatoms. The molecule has 196 valence electrons. The molecular formula is C26H24N4O6S2. The average molecular weight is 553 g/mol. The summed E-state index contributed by atoms with van der Waals surface area (Å²) in [6, 6.07) is 21.1. The van der Waals surface area contributed by atoms with Gasteiger partial charge >= 0.3 is 0 Å². The third-order valence-electron chi connectivity index (χ3n) is 5.38. The summed E-state index contributed by atoms with van der Waals surface area (Å²) < 4.78 is 57.3. The summed E-state index contributed by atoms with van der Waals surface area (Å²) in [6.45, 7) is 2.70. The summed E-state index contributed by atoms with van der Waals surface area (Å²) in [5.41, 5.74) is 1.44. The fourth-order valence-electron chi connectivity index (χ4n) is 3.73. The van der Waals surface area contributed by atoms with Crippen LogP contribution in [0.1, 0.15) is 13.8 Å². The maximum atomic E-state index is 13.0. The van der Waals surface area contributed by atoms with Gasteiger partial charge in [-0.3, -0.25) is 19.0 Å². The number of anilines is 4. The van der Waals surface area contributed by atoms with Gasteiger partial charge in [-0.05, 0) is 60.7 Å². The summed E-state index contributed by atoms with van der Waals surface area (Å²) in [5.74, 6) is -0.550. The van der Waals surface area contributed by atoms with Crippen LogP contribution in [0.3, 0.4) is 0 Å². The van der Waals surface area contributed by atoms with Crippen molar-refractivity contribution in [3.8, 4) is 0 Å². The van der Waals surface area contributed by atoms with Crippen molar-refractivity contribution in [1.29, 1.82) is 0 Å². The Balaban J connectivity index is 1.62. The molecule has 4 aromatic carbocycles. The van der Waals surface area contributed by atoms with Gasteiger partial charge < -0.3 is 10.6 Å². The second kappa shape index (κ2) is 10.5. The van der Waals surface area contributed by atoms with Crippen LogP contribution in [-0.2, 0) is 29.6 Å². The highest BCUT2D eigenvalue weighted by atomic mass is 32.2. The fraction of sp³-hybridized carbons (Fsp3) is 0.0769. The van der Waals surface area contributed by atoms with Crippen molar-refractivity contribution in [3.63, 3.8) is 0 Å². The molecule has 4 aromatic rings. The molecule has 0 heterocycles. The maximum absolute atomic E-state index is 13.0. The zero-order chi connectivity index (χ0) is 27.5. The van der Waals surface area contributed by atoms with Crippen molar-refractivity contribution in [2.24, 2.45) is 0 Å². The second-order valence-electron chi connectivity index (χ2n) is 8.33. The van der Waals surface area contributed by atoms with Gasteiger partial charge in [-0.1, -0.05) is 24.3 Å². The fourth-order valence-corrected chi connectivity index (χ4v) is 5.89. The van der Waals surface area contributed by atoms with Crippen LogP contribution in [0, 0.1) is 0 Å². The standard InChI is InChI=1S/C26H24N4O6S2/c1-17(31)27-19-7-11-21(12-8-19)37(33,34)29-25-15-16-26(24-6-4-3-5-23(24)25)30-38(35,36)22-13-9-20(10-14-22)28-18(2)32/h3-16,29-30H,1-2H3,(H,27,31)(H,28,32). The molecule has 4 rings (SSSR count). The zero-order valence-corrected chi connectivity index (χ0v) is 22.0. The first-order chi connectivity index (χ1) is 17.9. The molecule has 0 fully saturated rings. The van der Waals surface area contributed by atoms with Crippen molar-refractivity contribution in [2.75, 3.05) is 20.1 Å². The summed E-state index contributed by atoms with van der Waals surface area (Å²) in [4.78, 5) is 22.4. The van der Waals surface area contributed by atoms with E-state index in [0.29, 0.717) is 22.1 Å². The van der Waals surface area contributed by atoms with Crippen molar-refractivity contribution < 1.29 is 26.4 Å². The predicted molar refractivity (Wildman–Crippen MR) is 147 cm³/mol. The Morgan fingerprint density at radius 2 is 0.868 bits per heavy atom. The first kappa shape index (κ1) is 26.6. The van der Waals surface area contributed by atoms with E-state index in [1.54, 1.807) is 24.3 Å². The minimum atomic E-state index is -3.99. The van der Waals surface area contributed by atoms with Gasteiger partial charge in [0.15, 0.2) is 0 Å². The molecule has 0 saturated carbocycles. The van der Waals surface area contributed by atoms with Crippen molar-refractivity contribution >= 4 is 65.4 Å². The molecule has 0 radical (unpaired) electrons. The molecular weight excluding hydrogens is 528 g/mol. The Hall–Kier alpha value is -4.42. The summed E-state index contributed by atoms with van der Waals surface area (Å²) in [7, 11) is -7.97. The van der Waals surface area contributed by atoms with E-state index in [1.807, 2.05) is 0 Å². The Morgan fingerprint density at radius 1 is 0.526 bits per heavy atom. The topological polar surface area (TPSA) is 151 Å². The van der Waals surface area contributed by atoms with Gasteiger partial charge in [0.1, 0.15) is 0 Å². The monoisotopic (exact) mass is 552 g/mol. The number of sulfonamides is 2. The van der Waals surface area contributed by atoms with Crippen LogP contribution in [0.15, 0.2) is 94.7 Å². The number of hydrogen-bond acceptors (Lipinski definition) is 6. The lowest BCUT2D eigenvalue weighted by atomic mass is 10.1. The number of hydrogen-bond donors (Lipinski definition) is 4. The normalized spacial score (nSPS) is 11.5. The van der Waals surface area contributed by atoms with Gasteiger partial charge in [-0.25, -0.2) is 16.8 Å². The molecule has 0 aliphatic rings. The van der Waals surface area contributed by atoms with E-state index >= 15 is 0 Å². The summed E-state index contributed by atoms with van der Waals surface area (Å²) in [5, 5.41) is 6.11. The van der Waals surface area contributed by atoms with Crippen LogP contribution in [-0.4, -0.2) is 28.6 Å². The number of amides is 2. The van der Waals surface area contributed by atoms with Crippen LogP contribution in [0.5, 0.6) is 0 Å². The average Bonchev–Trinajstić information content (AvgIpc) is 2.85. The first-order valence-corrected chi connectivity index (χ1v) is 14.2. The Morgan fingerprint density at radius 3 is 1.18 bits per heavy atom. The molecule has 0 atom stereocenters. The van der Waals surface area contributed by atoms with Gasteiger partial charge in [-0.2, -0.15) is 0 Å². The van der Waals surface area contributed by atoms with Gasteiger partial charge in [0.25, 0.3) is 20.0 Å². The first-order valence-electron chi connectivity index (χ1n) is 11.3. The van der Waals surface area contributed by atoms with Crippen LogP contribution in [0.2, 0.25) is 0 Å².